The lowest BCUT2D eigenvalue weighted by Crippen LogP contribution is -2.60. The maximum atomic E-state index is 13.2. The van der Waals surface area contributed by atoms with Gasteiger partial charge in [0.05, 0.1) is 23.7 Å². The predicted octanol–water partition coefficient (Wildman–Crippen LogP) is 4.26. The number of halogens is 2. The van der Waals surface area contributed by atoms with Gasteiger partial charge in [-0.25, -0.2) is 18.6 Å². The van der Waals surface area contributed by atoms with Crippen molar-refractivity contribution < 1.29 is 37.5 Å². The van der Waals surface area contributed by atoms with Gasteiger partial charge in [0.25, 0.3) is 0 Å². The molecule has 1 aromatic heterocycles. The van der Waals surface area contributed by atoms with E-state index in [-0.39, 0.29) is 84.5 Å². The number of aryl methyl sites for hydroxylation is 1. The number of nitrogens with zero attached hydrogens (tertiary/aromatic N) is 3. The first-order chi connectivity index (χ1) is 28.7. The number of hydrogen-bond donors (Lipinski definition) is 5. The molecule has 4 aliphatic rings. The number of benzene rings is 2. The fourth-order valence-corrected chi connectivity index (χ4v) is 9.43. The first-order valence-electron chi connectivity index (χ1n) is 20.7. The van der Waals surface area contributed by atoms with Gasteiger partial charge in [-0.05, 0) is 79.8 Å². The number of ketones is 1. The van der Waals surface area contributed by atoms with Crippen molar-refractivity contribution in [1.82, 2.24) is 30.7 Å². The van der Waals surface area contributed by atoms with E-state index in [2.05, 4.69) is 26.3 Å². The smallest absolute Gasteiger partial charge is 0.321 e. The third-order valence-corrected chi connectivity index (χ3v) is 12.9. The maximum absolute atomic E-state index is 13.2. The highest BCUT2D eigenvalue weighted by Gasteiger charge is 2.37. The molecule has 0 spiro atoms. The zero-order valence-electron chi connectivity index (χ0n) is 34.0. The van der Waals surface area contributed by atoms with Crippen LogP contribution < -0.4 is 27.0 Å². The van der Waals surface area contributed by atoms with Crippen LogP contribution in [0.1, 0.15) is 84.8 Å². The van der Waals surface area contributed by atoms with Crippen LogP contribution in [0.4, 0.5) is 18.7 Å². The van der Waals surface area contributed by atoms with Crippen molar-refractivity contribution in [2.75, 3.05) is 31.5 Å². The zero-order valence-corrected chi connectivity index (χ0v) is 34.8. The first-order valence-corrected chi connectivity index (χ1v) is 21.5. The summed E-state index contributed by atoms with van der Waals surface area (Å²) in [5, 5.41) is 11.6. The molecule has 7 rings (SSSR count). The molecular weight excluding hydrogens is 795 g/mol. The van der Waals surface area contributed by atoms with Crippen LogP contribution in [0.15, 0.2) is 48.5 Å². The van der Waals surface area contributed by atoms with Gasteiger partial charge >= 0.3 is 6.03 Å². The van der Waals surface area contributed by atoms with Crippen molar-refractivity contribution >= 4 is 51.9 Å². The van der Waals surface area contributed by atoms with Crippen LogP contribution in [-0.4, -0.2) is 101 Å². The number of anilines is 1. The molecule has 2 aromatic carbocycles. The standard InChI is InChI=1S/C25H30FN5O4S.C18H24FN3O2/c1-14-22(15(2)32)36-25(27-14)30-24(35)29-19-6-4-3-5-17(19)12-31-13-21(33)28-20(23(31)34)11-16-7-9-18(26)10-8-16;19-14-7-5-12(6-8-14)9-16-18(24)22(11-17(23)21-16)10-13-3-1-2-4-15(13)20/h7-10,17,19-20H,3-6,11-13H2,1-2H3,(H,28,33)(H2,27,29,30,35);5-8,13,15-16H,1-4,9-11,20H2,(H,21,23)/t17-,19+,20-;13-,15+,16-/m00/s1. The lowest BCUT2D eigenvalue weighted by molar-refractivity contribution is -0.145. The molecule has 17 heteroatoms. The van der Waals surface area contributed by atoms with E-state index in [0.29, 0.717) is 35.2 Å². The fourth-order valence-electron chi connectivity index (χ4n) is 8.57. The highest BCUT2D eigenvalue weighted by Crippen LogP contribution is 2.28. The second-order valence-electron chi connectivity index (χ2n) is 16.3. The molecule has 3 aromatic rings. The Kier molecular flexibility index (Phi) is 15.0. The largest absolute Gasteiger partial charge is 0.342 e. The van der Waals surface area contributed by atoms with Crippen LogP contribution in [0, 0.1) is 30.4 Å². The molecular formula is C43H54F2N8O6S. The van der Waals surface area contributed by atoms with E-state index in [0.717, 1.165) is 73.8 Å². The number of rotatable bonds is 11. The van der Waals surface area contributed by atoms with E-state index in [4.69, 9.17) is 5.73 Å². The number of Topliss-reactive ketones (excluding diaryl/α,β-unsaturated/α-hetero) is 1. The van der Waals surface area contributed by atoms with Gasteiger partial charge in [0, 0.05) is 44.9 Å². The van der Waals surface area contributed by atoms with Crippen molar-refractivity contribution in [1.29, 1.82) is 0 Å². The summed E-state index contributed by atoms with van der Waals surface area (Å²) in [6.07, 6.45) is 8.44. The lowest BCUT2D eigenvalue weighted by Gasteiger charge is -2.39. The molecule has 60 heavy (non-hydrogen) atoms. The van der Waals surface area contributed by atoms with Crippen LogP contribution in [0.5, 0.6) is 0 Å². The number of hydrogen-bond acceptors (Lipinski definition) is 9. The minimum atomic E-state index is -0.710. The summed E-state index contributed by atoms with van der Waals surface area (Å²) in [5.74, 6) is -1.14. The van der Waals surface area contributed by atoms with E-state index in [1.54, 1.807) is 41.0 Å². The Morgan fingerprint density at radius 1 is 0.767 bits per heavy atom. The minimum absolute atomic E-state index is 0.00312. The summed E-state index contributed by atoms with van der Waals surface area (Å²) in [4.78, 5) is 82.6. The number of piperazine rings is 2. The van der Waals surface area contributed by atoms with Gasteiger partial charge in [0.1, 0.15) is 23.7 Å². The number of urea groups is 1. The molecule has 6 amide bonds. The molecule has 4 fully saturated rings. The van der Waals surface area contributed by atoms with Crippen molar-refractivity contribution in [3.05, 3.63) is 81.9 Å². The Labute approximate surface area is 352 Å². The molecule has 0 unspecified atom stereocenters. The van der Waals surface area contributed by atoms with Crippen LogP contribution in [0.25, 0.3) is 0 Å². The van der Waals surface area contributed by atoms with E-state index in [1.165, 1.54) is 31.2 Å². The first kappa shape index (κ1) is 44.3. The third-order valence-electron chi connectivity index (χ3n) is 11.7. The summed E-state index contributed by atoms with van der Waals surface area (Å²) >= 11 is 1.14. The third kappa shape index (κ3) is 11.9. The van der Waals surface area contributed by atoms with Crippen LogP contribution >= 0.6 is 11.3 Å². The normalized spacial score (nSPS) is 24.5. The minimum Gasteiger partial charge on any atom is -0.342 e. The van der Waals surface area contributed by atoms with Crippen LogP contribution in [-0.2, 0) is 32.0 Å². The number of carbonyl (C=O) groups excluding carboxylic acids is 6. The number of carbonyl (C=O) groups is 6. The van der Waals surface area contributed by atoms with Crippen LogP contribution in [0.2, 0.25) is 0 Å². The van der Waals surface area contributed by atoms with Gasteiger partial charge < -0.3 is 31.5 Å². The number of amides is 6. The van der Waals surface area contributed by atoms with E-state index >= 15 is 0 Å². The van der Waals surface area contributed by atoms with Gasteiger partial charge in [0.15, 0.2) is 10.9 Å². The molecule has 14 nitrogen and oxygen atoms in total. The molecule has 3 heterocycles. The van der Waals surface area contributed by atoms with Crippen molar-refractivity contribution in [3.63, 3.8) is 0 Å². The molecule has 6 atom stereocenters. The second kappa shape index (κ2) is 20.3. The highest BCUT2D eigenvalue weighted by molar-refractivity contribution is 7.17. The highest BCUT2D eigenvalue weighted by atomic mass is 32.1. The molecule has 0 radical (unpaired) electrons. The Morgan fingerprint density at radius 2 is 1.25 bits per heavy atom. The number of nitrogens with one attached hydrogen (secondary N) is 4. The van der Waals surface area contributed by atoms with Crippen molar-refractivity contribution in [3.8, 4) is 0 Å². The molecule has 322 valence electrons. The monoisotopic (exact) mass is 848 g/mol. The Balaban J connectivity index is 0.000000218. The Bertz CT molecular complexity index is 2030. The molecule has 2 saturated carbocycles. The number of aromatic nitrogens is 1. The lowest BCUT2D eigenvalue weighted by atomic mass is 9.84. The van der Waals surface area contributed by atoms with E-state index in [1.807, 2.05) is 0 Å². The molecule has 2 aliphatic heterocycles. The van der Waals surface area contributed by atoms with Crippen molar-refractivity contribution in [2.45, 2.75) is 102 Å². The van der Waals surface area contributed by atoms with Gasteiger partial charge in [-0.1, -0.05) is 61.3 Å². The summed E-state index contributed by atoms with van der Waals surface area (Å²) in [5.41, 5.74) is 8.34. The quantitative estimate of drug-likeness (QED) is 0.177. The van der Waals surface area contributed by atoms with E-state index < -0.39 is 18.1 Å². The second-order valence-corrected chi connectivity index (χ2v) is 17.3. The maximum Gasteiger partial charge on any atom is 0.321 e. The van der Waals surface area contributed by atoms with Gasteiger partial charge in [-0.2, -0.15) is 0 Å². The molecule has 0 bridgehead atoms. The van der Waals surface area contributed by atoms with Crippen LogP contribution in [0.3, 0.4) is 0 Å². The summed E-state index contributed by atoms with van der Waals surface area (Å²) < 4.78 is 26.2. The zero-order chi connectivity index (χ0) is 42.9. The van der Waals surface area contributed by atoms with E-state index in [9.17, 15) is 37.5 Å². The molecule has 6 N–H and O–H groups in total. The number of thiazole rings is 1. The molecule has 2 saturated heterocycles. The summed E-state index contributed by atoms with van der Waals surface area (Å²) in [6.45, 7) is 4.17. The summed E-state index contributed by atoms with van der Waals surface area (Å²) in [6, 6.07) is 10.1. The number of nitrogens with two attached hydrogens (primary N) is 1. The Morgan fingerprint density at radius 3 is 1.75 bits per heavy atom. The molecule has 2 aliphatic carbocycles. The topological polar surface area (TPSA) is 196 Å². The average molecular weight is 849 g/mol. The Hall–Kier alpha value is -5.29. The SMILES string of the molecule is CC(=O)c1sc(NC(=O)N[C@@H]2CCCC[C@H]2CN2CC(=O)N[C@@H](Cc3ccc(F)cc3)C2=O)nc1C.N[C@@H]1CCCC[C@H]1CN1CC(=O)N[C@@H](Cc2ccc(F)cc2)C1=O. The fraction of sp³-hybridized carbons (Fsp3) is 0.512. The van der Waals surface area contributed by atoms with Gasteiger partial charge in [0.2, 0.25) is 23.6 Å². The average Bonchev–Trinajstić information content (AvgIpc) is 3.58. The van der Waals surface area contributed by atoms with Crippen molar-refractivity contribution in [2.24, 2.45) is 17.6 Å². The van der Waals surface area contributed by atoms with Gasteiger partial charge in [-0.3, -0.25) is 29.3 Å². The van der Waals surface area contributed by atoms with Gasteiger partial charge in [-0.15, -0.1) is 0 Å². The summed E-state index contributed by atoms with van der Waals surface area (Å²) in [7, 11) is 0. The predicted molar refractivity (Wildman–Crippen MR) is 222 cm³/mol.